The topological polar surface area (TPSA) is 330 Å². The summed E-state index contributed by atoms with van der Waals surface area (Å²) < 4.78 is 29.5. The molecule has 2 fully saturated rings. The second-order valence-electron chi connectivity index (χ2n) is 19.0. The van der Waals surface area contributed by atoms with E-state index >= 15 is 0 Å². The highest BCUT2D eigenvalue weighted by Gasteiger charge is 2.49. The second-order valence-corrected chi connectivity index (χ2v) is 19.0. The molecule has 18 atom stereocenters. The van der Waals surface area contributed by atoms with Crippen LogP contribution in [0.15, 0.2) is 90.1 Å². The van der Waals surface area contributed by atoms with E-state index in [0.29, 0.717) is 25.3 Å². The third-order valence-corrected chi connectivity index (χ3v) is 12.8. The number of fused-ring (bicyclic) bond motifs is 2. The summed E-state index contributed by atoms with van der Waals surface area (Å²) >= 11 is 0. The van der Waals surface area contributed by atoms with Crippen molar-refractivity contribution in [1.29, 1.82) is 0 Å². The number of aliphatic hydroxyl groups is 10. The second kappa shape index (κ2) is 32.8. The van der Waals surface area contributed by atoms with Crippen LogP contribution in [0.2, 0.25) is 0 Å². The lowest BCUT2D eigenvalue weighted by Crippen LogP contribution is -2.61. The van der Waals surface area contributed by atoms with Crippen LogP contribution in [0.5, 0.6) is 0 Å². The fourth-order valence-corrected chi connectivity index (χ4v) is 8.76. The Morgan fingerprint density at radius 2 is 1.35 bits per heavy atom. The zero-order valence-corrected chi connectivity index (χ0v) is 41.8. The molecule has 0 amide bonds. The number of carbonyl (C=O) groups excluding carboxylic acids is 1. The summed E-state index contributed by atoms with van der Waals surface area (Å²) in [6.45, 7) is 8.14. The van der Waals surface area contributed by atoms with Crippen LogP contribution in [-0.2, 0) is 28.5 Å². The Kier molecular flexibility index (Phi) is 28.6. The van der Waals surface area contributed by atoms with Gasteiger partial charge >= 0.3 is 5.97 Å². The van der Waals surface area contributed by atoms with E-state index in [-0.39, 0.29) is 57.8 Å². The van der Waals surface area contributed by atoms with Crippen LogP contribution >= 0.6 is 0 Å². The van der Waals surface area contributed by atoms with Crippen molar-refractivity contribution in [3.63, 3.8) is 0 Å². The molecule has 0 aromatic carbocycles. The molecule has 2 bridgehead atoms. The van der Waals surface area contributed by atoms with E-state index in [1.807, 2.05) is 68.5 Å². The number of hydrogen-bond acceptors (Lipinski definition) is 19. The standard InChI is InChI=1S/C52H85N3O16/c1-5-40(55-23-25-67-24-22-53)46-43(61)31-52(66)30-38(58)27-42(60)41(59)21-20-36(56)26-37(57)28-45(62)68-32-34(3)48(63)33(2)18-16-14-12-10-8-6-7-9-11-13-15-17-19-39(29-44(46)71-52)70-51-50(65)47(54)49(64)35(4)69-51/h6-19,33-39,41-44,46-51,56-61,63-66H,5,20-32,53-54H2,1-4H3. The number of nitrogens with two attached hydrogens (primary N) is 2. The van der Waals surface area contributed by atoms with Gasteiger partial charge in [0, 0.05) is 55.7 Å². The number of ether oxygens (including phenoxy) is 5. The van der Waals surface area contributed by atoms with E-state index in [1.165, 1.54) is 0 Å². The van der Waals surface area contributed by atoms with Crippen LogP contribution in [-0.4, -0.2) is 187 Å². The smallest absolute Gasteiger partial charge is 0.308 e. The lowest BCUT2D eigenvalue weighted by Gasteiger charge is -2.47. The molecule has 0 spiro atoms. The summed E-state index contributed by atoms with van der Waals surface area (Å²) in [4.78, 5) is 17.2. The molecule has 19 nitrogen and oxygen atoms in total. The number of allylic oxidation sites excluding steroid dienone is 12. The lowest BCUT2D eigenvalue weighted by molar-refractivity contribution is -0.304. The molecule has 19 heteroatoms. The Labute approximate surface area is 419 Å². The molecular formula is C52H85N3O16. The summed E-state index contributed by atoms with van der Waals surface area (Å²) in [7, 11) is 0. The fourth-order valence-electron chi connectivity index (χ4n) is 8.76. The SMILES string of the molecule is CCC(=NCCOCCN)C1C(O)CC2(O)CC(O)CC(O)C(O)CCC(O)CC(O)CC(=O)OCC(C)C(O)C(C)C=CC=CC=CC=CC=CC=CC=CC(OC3OC(C)C(O)C(N)C3O)CC1O2. The maximum absolute atomic E-state index is 12.5. The Balaban J connectivity index is 1.95. The molecule has 18 unspecified atom stereocenters. The van der Waals surface area contributed by atoms with E-state index in [2.05, 4.69) is 0 Å². The summed E-state index contributed by atoms with van der Waals surface area (Å²) in [5, 5.41) is 110. The average Bonchev–Trinajstić information content (AvgIpc) is 3.31. The zero-order valence-electron chi connectivity index (χ0n) is 41.8. The number of cyclic esters (lactones) is 1. The minimum absolute atomic E-state index is 0.0548. The van der Waals surface area contributed by atoms with Crippen molar-refractivity contribution in [3.05, 3.63) is 85.1 Å². The van der Waals surface area contributed by atoms with Crippen molar-refractivity contribution >= 4 is 11.7 Å². The van der Waals surface area contributed by atoms with Gasteiger partial charge in [-0.1, -0.05) is 106 Å². The van der Waals surface area contributed by atoms with Gasteiger partial charge in [-0.05, 0) is 32.6 Å². The van der Waals surface area contributed by atoms with Gasteiger partial charge in [0.2, 0.25) is 0 Å². The number of aliphatic imine (C=N–C) groups is 1. The van der Waals surface area contributed by atoms with E-state index < -0.39 is 128 Å². The molecule has 0 radical (unpaired) electrons. The molecule has 0 saturated carbocycles. The molecule has 3 rings (SSSR count). The summed E-state index contributed by atoms with van der Waals surface area (Å²) in [5.41, 5.74) is 12.3. The molecular weight excluding hydrogens is 923 g/mol. The third-order valence-electron chi connectivity index (χ3n) is 12.8. The van der Waals surface area contributed by atoms with Gasteiger partial charge in [-0.2, -0.15) is 0 Å². The summed E-state index contributed by atoms with van der Waals surface area (Å²) in [5.74, 6) is -4.34. The van der Waals surface area contributed by atoms with Crippen LogP contribution in [0.25, 0.3) is 0 Å². The molecule has 0 aromatic heterocycles. The average molecular weight is 1010 g/mol. The van der Waals surface area contributed by atoms with Crippen LogP contribution in [0, 0.1) is 17.8 Å². The monoisotopic (exact) mass is 1010 g/mol. The van der Waals surface area contributed by atoms with E-state index in [9.17, 15) is 55.9 Å². The Morgan fingerprint density at radius 3 is 1.97 bits per heavy atom. The number of aliphatic hydroxyl groups excluding tert-OH is 9. The van der Waals surface area contributed by atoms with Gasteiger partial charge in [0.25, 0.3) is 0 Å². The first-order valence-corrected chi connectivity index (χ1v) is 25.0. The highest BCUT2D eigenvalue weighted by molar-refractivity contribution is 5.87. The van der Waals surface area contributed by atoms with Gasteiger partial charge in [0.05, 0.1) is 106 Å². The van der Waals surface area contributed by atoms with Gasteiger partial charge in [0.1, 0.15) is 6.10 Å². The maximum atomic E-state index is 12.5. The molecule has 14 N–H and O–H groups in total. The third kappa shape index (κ3) is 22.4. The van der Waals surface area contributed by atoms with Crippen molar-refractivity contribution in [2.75, 3.05) is 32.9 Å². The Hall–Kier alpha value is -3.32. The van der Waals surface area contributed by atoms with Gasteiger partial charge in [0.15, 0.2) is 12.1 Å². The molecule has 71 heavy (non-hydrogen) atoms. The van der Waals surface area contributed by atoms with E-state index in [1.54, 1.807) is 44.2 Å². The van der Waals surface area contributed by atoms with Crippen LogP contribution < -0.4 is 11.5 Å². The van der Waals surface area contributed by atoms with Gasteiger partial charge in [-0.15, -0.1) is 0 Å². The maximum Gasteiger partial charge on any atom is 0.308 e. The van der Waals surface area contributed by atoms with Crippen LogP contribution in [0.4, 0.5) is 0 Å². The van der Waals surface area contributed by atoms with Crippen molar-refractivity contribution in [1.82, 2.24) is 0 Å². The van der Waals surface area contributed by atoms with Gasteiger partial charge in [-0.25, -0.2) is 0 Å². The molecule has 0 aliphatic carbocycles. The Bertz CT molecular complexity index is 1770. The lowest BCUT2D eigenvalue weighted by atomic mass is 9.79. The van der Waals surface area contributed by atoms with Crippen LogP contribution in [0.1, 0.15) is 85.5 Å². The van der Waals surface area contributed by atoms with E-state index in [0.717, 1.165) is 0 Å². The van der Waals surface area contributed by atoms with Crippen molar-refractivity contribution in [2.45, 2.75) is 177 Å². The number of esters is 1. The molecule has 3 aliphatic rings. The summed E-state index contributed by atoms with van der Waals surface area (Å²) in [6, 6.07) is -1.10. The predicted octanol–water partition coefficient (Wildman–Crippen LogP) is 1.06. The molecule has 2 saturated heterocycles. The van der Waals surface area contributed by atoms with Crippen molar-refractivity contribution in [3.8, 4) is 0 Å². The quantitative estimate of drug-likeness (QED) is 0.0873. The number of hydrogen-bond donors (Lipinski definition) is 12. The molecule has 404 valence electrons. The van der Waals surface area contributed by atoms with Crippen LogP contribution in [0.3, 0.4) is 0 Å². The van der Waals surface area contributed by atoms with E-state index in [4.69, 9.17) is 40.1 Å². The normalized spacial score (nSPS) is 38.8. The first kappa shape index (κ1) is 62.0. The first-order valence-electron chi connectivity index (χ1n) is 25.0. The summed E-state index contributed by atoms with van der Waals surface area (Å²) in [6.07, 6.45) is 7.79. The minimum atomic E-state index is -2.16. The first-order chi connectivity index (χ1) is 33.8. The fraction of sp³-hybridized carbons (Fsp3) is 0.692. The zero-order chi connectivity index (χ0) is 52.5. The highest BCUT2D eigenvalue weighted by atomic mass is 16.7. The number of carbonyl (C=O) groups is 1. The minimum Gasteiger partial charge on any atom is -0.465 e. The van der Waals surface area contributed by atoms with Crippen molar-refractivity contribution < 1.29 is 79.5 Å². The molecule has 3 aliphatic heterocycles. The number of rotatable bonds is 9. The van der Waals surface area contributed by atoms with Crippen molar-refractivity contribution in [2.24, 2.45) is 34.2 Å². The number of nitrogens with zero attached hydrogens (tertiary/aromatic N) is 1. The highest BCUT2D eigenvalue weighted by Crippen LogP contribution is 2.39. The predicted molar refractivity (Wildman–Crippen MR) is 267 cm³/mol. The van der Waals surface area contributed by atoms with Gasteiger partial charge in [-0.3, -0.25) is 9.79 Å². The van der Waals surface area contributed by atoms with Gasteiger partial charge < -0.3 is 86.2 Å². The largest absolute Gasteiger partial charge is 0.465 e. The molecule has 3 heterocycles. The Morgan fingerprint density at radius 1 is 0.732 bits per heavy atom. The molecule has 0 aromatic rings.